The van der Waals surface area contributed by atoms with Crippen LogP contribution in [0.3, 0.4) is 0 Å². The summed E-state index contributed by atoms with van der Waals surface area (Å²) in [5.74, 6) is -0.461. The Morgan fingerprint density at radius 2 is 1.56 bits per heavy atom. The van der Waals surface area contributed by atoms with Crippen molar-refractivity contribution in [2.24, 2.45) is 0 Å². The summed E-state index contributed by atoms with van der Waals surface area (Å²) in [4.78, 5) is 28.6. The van der Waals surface area contributed by atoms with Crippen LogP contribution in [0, 0.1) is 6.92 Å². The van der Waals surface area contributed by atoms with Crippen molar-refractivity contribution < 1.29 is 27.5 Å². The van der Waals surface area contributed by atoms with Crippen LogP contribution in [0.4, 0.5) is 5.69 Å². The number of nitrogens with one attached hydrogen (secondary N) is 1. The number of rotatable bonds is 11. The SMILES string of the molecule is COc1ccc(S(=O)(=O)N(CC(=O)N(Cc2ccc(Cl)cc2Cl)[C@@H](C)C(=O)NC(C)(C)C)c2ccc(C)cc2)cc1OC. The molecular formula is C31H37Cl2N3O6S. The lowest BCUT2D eigenvalue weighted by molar-refractivity contribution is -0.140. The van der Waals surface area contributed by atoms with Gasteiger partial charge in [0.1, 0.15) is 12.6 Å². The van der Waals surface area contributed by atoms with E-state index in [-0.39, 0.29) is 22.9 Å². The maximum absolute atomic E-state index is 14.1. The van der Waals surface area contributed by atoms with Crippen LogP contribution in [0.2, 0.25) is 10.0 Å². The van der Waals surface area contributed by atoms with Crippen LogP contribution in [0.15, 0.2) is 65.6 Å². The molecular weight excluding hydrogens is 613 g/mol. The van der Waals surface area contributed by atoms with E-state index in [9.17, 15) is 18.0 Å². The van der Waals surface area contributed by atoms with E-state index in [2.05, 4.69) is 5.32 Å². The predicted molar refractivity (Wildman–Crippen MR) is 170 cm³/mol. The van der Waals surface area contributed by atoms with Gasteiger partial charge in [-0.05, 0) is 76.6 Å². The number of hydrogen-bond acceptors (Lipinski definition) is 6. The van der Waals surface area contributed by atoms with E-state index in [4.69, 9.17) is 32.7 Å². The molecule has 232 valence electrons. The fourth-order valence-electron chi connectivity index (χ4n) is 4.23. The molecule has 0 saturated carbocycles. The summed E-state index contributed by atoms with van der Waals surface area (Å²) in [6.45, 7) is 8.28. The van der Waals surface area contributed by atoms with Crippen LogP contribution in [-0.2, 0) is 26.2 Å². The monoisotopic (exact) mass is 649 g/mol. The molecule has 0 radical (unpaired) electrons. The Labute approximate surface area is 263 Å². The third-order valence-corrected chi connectivity index (χ3v) is 8.92. The van der Waals surface area contributed by atoms with E-state index in [0.29, 0.717) is 21.4 Å². The Morgan fingerprint density at radius 1 is 0.930 bits per heavy atom. The second-order valence-electron chi connectivity index (χ2n) is 11.0. The molecule has 0 aliphatic heterocycles. The standard InChI is InChI=1S/C31H37Cl2N3O6S/c1-20-8-12-24(13-9-20)36(43(39,40)25-14-15-27(41-6)28(17-25)42-7)19-29(37)35(21(2)30(38)34-31(3,4)5)18-22-10-11-23(32)16-26(22)33/h8-17,21H,18-19H2,1-7H3,(H,34,38)/t21-/m0/s1. The number of methoxy groups -OCH3 is 2. The summed E-state index contributed by atoms with van der Waals surface area (Å²) < 4.78 is 39.9. The highest BCUT2D eigenvalue weighted by molar-refractivity contribution is 7.92. The smallest absolute Gasteiger partial charge is 0.264 e. The third kappa shape index (κ3) is 8.55. The normalized spacial score (nSPS) is 12.3. The minimum atomic E-state index is -4.31. The van der Waals surface area contributed by atoms with Gasteiger partial charge in [-0.1, -0.05) is 47.0 Å². The lowest BCUT2D eigenvalue weighted by Crippen LogP contribution is -2.54. The second-order valence-corrected chi connectivity index (χ2v) is 13.7. The number of ether oxygens (including phenoxy) is 2. The number of halogens is 2. The highest BCUT2D eigenvalue weighted by atomic mass is 35.5. The number of nitrogens with zero attached hydrogens (tertiary/aromatic N) is 2. The Kier molecular flexibility index (Phi) is 11.0. The van der Waals surface area contributed by atoms with E-state index < -0.39 is 40.0 Å². The molecule has 43 heavy (non-hydrogen) atoms. The van der Waals surface area contributed by atoms with Gasteiger partial charge >= 0.3 is 0 Å². The molecule has 1 atom stereocenters. The van der Waals surface area contributed by atoms with Gasteiger partial charge in [0.15, 0.2) is 11.5 Å². The van der Waals surface area contributed by atoms with Crippen molar-refractivity contribution in [2.45, 2.75) is 57.6 Å². The van der Waals surface area contributed by atoms with Gasteiger partial charge in [0.2, 0.25) is 11.8 Å². The van der Waals surface area contributed by atoms with Gasteiger partial charge in [0.25, 0.3) is 10.0 Å². The van der Waals surface area contributed by atoms with Crippen molar-refractivity contribution in [2.75, 3.05) is 25.1 Å². The minimum absolute atomic E-state index is 0.0638. The molecule has 2 amide bonds. The van der Waals surface area contributed by atoms with Crippen LogP contribution in [-0.4, -0.2) is 57.5 Å². The lowest BCUT2D eigenvalue weighted by atomic mass is 10.1. The van der Waals surface area contributed by atoms with Gasteiger partial charge in [-0.2, -0.15) is 0 Å². The molecule has 0 spiro atoms. The lowest BCUT2D eigenvalue weighted by Gasteiger charge is -2.33. The number of carbonyl (C=O) groups excluding carboxylic acids is 2. The first-order chi connectivity index (χ1) is 20.1. The third-order valence-electron chi connectivity index (χ3n) is 6.57. The van der Waals surface area contributed by atoms with Gasteiger partial charge in [-0.3, -0.25) is 13.9 Å². The Balaban J connectivity index is 2.10. The Bertz CT molecular complexity index is 1570. The first kappa shape index (κ1) is 34.0. The maximum atomic E-state index is 14.1. The van der Waals surface area contributed by atoms with Crippen molar-refractivity contribution in [3.8, 4) is 11.5 Å². The van der Waals surface area contributed by atoms with Crippen LogP contribution in [0.1, 0.15) is 38.8 Å². The summed E-state index contributed by atoms with van der Waals surface area (Å²) in [7, 11) is -1.46. The van der Waals surface area contributed by atoms with E-state index in [1.165, 1.54) is 37.3 Å². The van der Waals surface area contributed by atoms with Gasteiger partial charge in [0.05, 0.1) is 24.8 Å². The quantitative estimate of drug-likeness (QED) is 0.280. The van der Waals surface area contributed by atoms with Gasteiger partial charge in [0, 0.05) is 28.2 Å². The zero-order valence-corrected chi connectivity index (χ0v) is 27.6. The fraction of sp³-hybridized carbons (Fsp3) is 0.355. The summed E-state index contributed by atoms with van der Waals surface area (Å²) in [6, 6.07) is 14.8. The van der Waals surface area contributed by atoms with E-state index in [0.717, 1.165) is 9.87 Å². The van der Waals surface area contributed by atoms with Crippen LogP contribution in [0.5, 0.6) is 11.5 Å². The molecule has 0 fully saturated rings. The van der Waals surface area contributed by atoms with Gasteiger partial charge in [-0.15, -0.1) is 0 Å². The average molecular weight is 651 g/mol. The molecule has 1 N–H and O–H groups in total. The molecule has 0 unspecified atom stereocenters. The largest absolute Gasteiger partial charge is 0.493 e. The number of anilines is 1. The van der Waals surface area contributed by atoms with Crippen molar-refractivity contribution in [1.82, 2.24) is 10.2 Å². The first-order valence-electron chi connectivity index (χ1n) is 13.4. The molecule has 0 saturated heterocycles. The number of aryl methyl sites for hydroxylation is 1. The summed E-state index contributed by atoms with van der Waals surface area (Å²) in [5.41, 5.74) is 1.15. The fourth-order valence-corrected chi connectivity index (χ4v) is 6.13. The van der Waals surface area contributed by atoms with E-state index in [1.807, 2.05) is 27.7 Å². The van der Waals surface area contributed by atoms with E-state index in [1.54, 1.807) is 49.4 Å². The molecule has 0 bridgehead atoms. The van der Waals surface area contributed by atoms with E-state index >= 15 is 0 Å². The molecule has 0 aliphatic rings. The molecule has 3 rings (SSSR count). The highest BCUT2D eigenvalue weighted by Gasteiger charge is 2.34. The zero-order chi connectivity index (χ0) is 32.1. The summed E-state index contributed by atoms with van der Waals surface area (Å²) in [6.07, 6.45) is 0. The highest BCUT2D eigenvalue weighted by Crippen LogP contribution is 2.33. The van der Waals surface area contributed by atoms with Crippen molar-refractivity contribution in [3.05, 3.63) is 81.8 Å². The van der Waals surface area contributed by atoms with Crippen molar-refractivity contribution >= 4 is 50.7 Å². The van der Waals surface area contributed by atoms with Crippen molar-refractivity contribution in [3.63, 3.8) is 0 Å². The number of sulfonamides is 1. The molecule has 3 aromatic carbocycles. The molecule has 0 aromatic heterocycles. The van der Waals surface area contributed by atoms with Crippen molar-refractivity contribution in [1.29, 1.82) is 0 Å². The van der Waals surface area contributed by atoms with Crippen LogP contribution < -0.4 is 19.1 Å². The summed E-state index contributed by atoms with van der Waals surface area (Å²) >= 11 is 12.5. The van der Waals surface area contributed by atoms with Gasteiger partial charge < -0.3 is 19.7 Å². The zero-order valence-electron chi connectivity index (χ0n) is 25.3. The average Bonchev–Trinajstić information content (AvgIpc) is 2.94. The first-order valence-corrected chi connectivity index (χ1v) is 15.6. The number of carbonyl (C=O) groups is 2. The predicted octanol–water partition coefficient (Wildman–Crippen LogP) is 5.85. The molecule has 0 heterocycles. The molecule has 0 aliphatic carbocycles. The molecule has 3 aromatic rings. The topological polar surface area (TPSA) is 105 Å². The van der Waals surface area contributed by atoms with Gasteiger partial charge in [-0.25, -0.2) is 8.42 Å². The van der Waals surface area contributed by atoms with Crippen LogP contribution >= 0.6 is 23.2 Å². The molecule has 12 heteroatoms. The Hall–Kier alpha value is -3.47. The minimum Gasteiger partial charge on any atom is -0.493 e. The molecule has 9 nitrogen and oxygen atoms in total. The summed E-state index contributed by atoms with van der Waals surface area (Å²) in [5, 5.41) is 3.61. The maximum Gasteiger partial charge on any atom is 0.264 e. The number of benzene rings is 3. The number of hydrogen-bond donors (Lipinski definition) is 1. The van der Waals surface area contributed by atoms with Crippen LogP contribution in [0.25, 0.3) is 0 Å². The second kappa shape index (κ2) is 13.9. The number of amides is 2. The Morgan fingerprint density at radius 3 is 2.12 bits per heavy atom.